The number of rotatable bonds is 5. The first-order valence-electron chi connectivity index (χ1n) is 19.4. The summed E-state index contributed by atoms with van der Waals surface area (Å²) in [5, 5.41) is 8.82. The summed E-state index contributed by atoms with van der Waals surface area (Å²) in [6.45, 7) is 0. The number of furan rings is 1. The van der Waals surface area contributed by atoms with Crippen LogP contribution in [0.2, 0.25) is 0 Å². The lowest BCUT2D eigenvalue weighted by atomic mass is 9.98. The van der Waals surface area contributed by atoms with Gasteiger partial charge in [0.1, 0.15) is 5.58 Å². The van der Waals surface area contributed by atoms with E-state index in [-0.39, 0.29) is 0 Å². The molecule has 0 bridgehead atoms. The molecule has 58 heavy (non-hydrogen) atoms. The van der Waals surface area contributed by atoms with Gasteiger partial charge in [0.05, 0.1) is 22.1 Å². The average Bonchev–Trinajstić information content (AvgIpc) is 3.85. The van der Waals surface area contributed by atoms with Gasteiger partial charge in [0.25, 0.3) is 0 Å². The van der Waals surface area contributed by atoms with Crippen LogP contribution >= 0.6 is 0 Å². The monoisotopic (exact) mass is 741 g/mol. The number of hydrogen-bond acceptors (Lipinski definition) is 5. The maximum Gasteiger partial charge on any atom is 0.228 e. The Morgan fingerprint density at radius 3 is 1.90 bits per heavy atom. The minimum atomic E-state index is 0.547. The molecule has 12 aromatic rings. The highest BCUT2D eigenvalue weighted by molar-refractivity contribution is 6.23. The number of hydrogen-bond donors (Lipinski definition) is 0. The molecule has 0 fully saturated rings. The van der Waals surface area contributed by atoms with E-state index in [0.29, 0.717) is 23.2 Å². The standard InChI is InChI=1S/C52H31N5O/c1-3-14-32(15-4-1)35-23-13-24-44-46(35)41-27-26-33-16-7-8-19-36(33)48(41)57(44)43-29-28-39(37-20-9-10-21-38(37)43)50-54-49(34-17-5-2-6-18-34)55-51(56-50)42-30-31-53-52-47(42)40-22-11-12-25-45(40)58-52/h1-31H. The van der Waals surface area contributed by atoms with E-state index in [2.05, 4.69) is 137 Å². The lowest BCUT2D eigenvalue weighted by molar-refractivity contribution is 0.654. The predicted molar refractivity (Wildman–Crippen MR) is 236 cm³/mol. The van der Waals surface area contributed by atoms with Gasteiger partial charge in [-0.05, 0) is 52.2 Å². The van der Waals surface area contributed by atoms with E-state index in [1.807, 2.05) is 54.6 Å². The molecule has 4 aromatic heterocycles. The van der Waals surface area contributed by atoms with Crippen molar-refractivity contribution < 1.29 is 4.42 Å². The summed E-state index contributed by atoms with van der Waals surface area (Å²) in [5.41, 5.74) is 9.78. The Morgan fingerprint density at radius 1 is 0.397 bits per heavy atom. The van der Waals surface area contributed by atoms with E-state index in [0.717, 1.165) is 55.0 Å². The van der Waals surface area contributed by atoms with E-state index >= 15 is 0 Å². The topological polar surface area (TPSA) is 69.6 Å². The SMILES string of the molecule is c1ccc(-c2nc(-c3ccc(-n4c5cccc(-c6ccccc6)c5c5ccc6ccccc6c54)c4ccccc34)nc(-c3ccnc4oc5ccccc5c34)n2)cc1. The molecule has 6 heteroatoms. The molecular weight excluding hydrogens is 711 g/mol. The Hall–Kier alpha value is -7.96. The van der Waals surface area contributed by atoms with Crippen molar-refractivity contribution in [2.45, 2.75) is 0 Å². The molecular formula is C52H31N5O. The van der Waals surface area contributed by atoms with E-state index in [9.17, 15) is 0 Å². The van der Waals surface area contributed by atoms with Crippen LogP contribution in [-0.2, 0) is 0 Å². The van der Waals surface area contributed by atoms with Crippen LogP contribution in [0.1, 0.15) is 0 Å². The first-order valence-corrected chi connectivity index (χ1v) is 19.4. The van der Waals surface area contributed by atoms with Crippen molar-refractivity contribution in [3.63, 3.8) is 0 Å². The summed E-state index contributed by atoms with van der Waals surface area (Å²) in [6, 6.07) is 63.6. The second kappa shape index (κ2) is 12.8. The zero-order chi connectivity index (χ0) is 38.2. The van der Waals surface area contributed by atoms with Crippen molar-refractivity contribution in [1.29, 1.82) is 0 Å². The summed E-state index contributed by atoms with van der Waals surface area (Å²) in [7, 11) is 0. The summed E-state index contributed by atoms with van der Waals surface area (Å²) in [5.74, 6) is 1.73. The molecule has 0 radical (unpaired) electrons. The minimum absolute atomic E-state index is 0.547. The van der Waals surface area contributed by atoms with E-state index in [1.54, 1.807) is 6.20 Å². The number of benzene rings is 8. The lowest BCUT2D eigenvalue weighted by Gasteiger charge is -2.16. The minimum Gasteiger partial charge on any atom is -0.438 e. The predicted octanol–water partition coefficient (Wildman–Crippen LogP) is 13.2. The molecule has 0 atom stereocenters. The van der Waals surface area contributed by atoms with Crippen LogP contribution < -0.4 is 0 Å². The smallest absolute Gasteiger partial charge is 0.228 e. The maximum absolute atomic E-state index is 6.19. The Morgan fingerprint density at radius 2 is 1.07 bits per heavy atom. The Balaban J connectivity index is 1.14. The molecule has 0 spiro atoms. The molecule has 0 aliphatic heterocycles. The molecule has 0 N–H and O–H groups in total. The molecule has 0 amide bonds. The van der Waals surface area contributed by atoms with Crippen LogP contribution in [0.4, 0.5) is 0 Å². The fourth-order valence-corrected chi connectivity index (χ4v) is 8.78. The Kier molecular flexibility index (Phi) is 7.13. The molecule has 8 aromatic carbocycles. The average molecular weight is 742 g/mol. The third-order valence-corrected chi connectivity index (χ3v) is 11.3. The van der Waals surface area contributed by atoms with Crippen LogP contribution in [0.5, 0.6) is 0 Å². The first-order chi connectivity index (χ1) is 28.8. The van der Waals surface area contributed by atoms with Crippen molar-refractivity contribution in [2.75, 3.05) is 0 Å². The van der Waals surface area contributed by atoms with Crippen LogP contribution in [0, 0.1) is 0 Å². The van der Waals surface area contributed by atoms with Gasteiger partial charge in [0.2, 0.25) is 5.71 Å². The van der Waals surface area contributed by atoms with Gasteiger partial charge in [-0.1, -0.05) is 152 Å². The third-order valence-electron chi connectivity index (χ3n) is 11.3. The Labute approximate surface area is 332 Å². The van der Waals surface area contributed by atoms with Gasteiger partial charge in [0, 0.05) is 49.8 Å². The lowest BCUT2D eigenvalue weighted by Crippen LogP contribution is -2.02. The Bertz CT molecular complexity index is 3570. The highest BCUT2D eigenvalue weighted by Crippen LogP contribution is 2.44. The molecule has 270 valence electrons. The molecule has 0 unspecified atom stereocenters. The summed E-state index contributed by atoms with van der Waals surface area (Å²) in [4.78, 5) is 20.1. The normalized spacial score (nSPS) is 11.8. The molecule has 0 saturated carbocycles. The van der Waals surface area contributed by atoms with Gasteiger partial charge in [-0.15, -0.1) is 0 Å². The van der Waals surface area contributed by atoms with Gasteiger partial charge < -0.3 is 8.98 Å². The zero-order valence-corrected chi connectivity index (χ0v) is 31.0. The van der Waals surface area contributed by atoms with E-state index in [1.165, 1.54) is 38.2 Å². The number of para-hydroxylation sites is 1. The number of fused-ring (bicyclic) bond motifs is 9. The van der Waals surface area contributed by atoms with Crippen molar-refractivity contribution in [2.24, 2.45) is 0 Å². The largest absolute Gasteiger partial charge is 0.438 e. The maximum atomic E-state index is 6.19. The van der Waals surface area contributed by atoms with Gasteiger partial charge >= 0.3 is 0 Å². The third kappa shape index (κ3) is 4.92. The van der Waals surface area contributed by atoms with Gasteiger partial charge in [-0.25, -0.2) is 19.9 Å². The van der Waals surface area contributed by atoms with Crippen LogP contribution in [0.3, 0.4) is 0 Å². The van der Waals surface area contributed by atoms with Crippen molar-refractivity contribution in [3.05, 3.63) is 188 Å². The van der Waals surface area contributed by atoms with Gasteiger partial charge in [-0.2, -0.15) is 0 Å². The molecule has 12 rings (SSSR count). The van der Waals surface area contributed by atoms with E-state index < -0.39 is 0 Å². The summed E-state index contributed by atoms with van der Waals surface area (Å²) >= 11 is 0. The number of aromatic nitrogens is 5. The molecule has 0 saturated heterocycles. The zero-order valence-electron chi connectivity index (χ0n) is 31.0. The molecule has 0 aliphatic rings. The number of nitrogens with zero attached hydrogens (tertiary/aromatic N) is 5. The fourth-order valence-electron chi connectivity index (χ4n) is 8.78. The second-order valence-corrected chi connectivity index (χ2v) is 14.6. The van der Waals surface area contributed by atoms with Crippen molar-refractivity contribution >= 4 is 65.4 Å². The van der Waals surface area contributed by atoms with Crippen LogP contribution in [-0.4, -0.2) is 24.5 Å². The highest BCUT2D eigenvalue weighted by Gasteiger charge is 2.23. The van der Waals surface area contributed by atoms with Gasteiger partial charge in [0.15, 0.2) is 17.5 Å². The molecule has 4 heterocycles. The van der Waals surface area contributed by atoms with Crippen LogP contribution in [0.15, 0.2) is 193 Å². The van der Waals surface area contributed by atoms with Crippen molar-refractivity contribution in [3.8, 4) is 51.0 Å². The van der Waals surface area contributed by atoms with Crippen molar-refractivity contribution in [1.82, 2.24) is 24.5 Å². The second-order valence-electron chi connectivity index (χ2n) is 14.6. The fraction of sp³-hybridized carbons (Fsp3) is 0. The molecule has 0 aliphatic carbocycles. The summed E-state index contributed by atoms with van der Waals surface area (Å²) < 4.78 is 8.64. The number of pyridine rings is 1. The summed E-state index contributed by atoms with van der Waals surface area (Å²) in [6.07, 6.45) is 1.76. The van der Waals surface area contributed by atoms with E-state index in [4.69, 9.17) is 19.4 Å². The quantitative estimate of drug-likeness (QED) is 0.176. The molecule has 6 nitrogen and oxygen atoms in total. The van der Waals surface area contributed by atoms with Crippen LogP contribution in [0.25, 0.3) is 116 Å². The highest BCUT2D eigenvalue weighted by atomic mass is 16.3. The van der Waals surface area contributed by atoms with Gasteiger partial charge in [-0.3, -0.25) is 0 Å². The first kappa shape index (κ1) is 32.3.